The van der Waals surface area contributed by atoms with Crippen molar-refractivity contribution < 1.29 is 19.1 Å². The predicted molar refractivity (Wildman–Crippen MR) is 139 cm³/mol. The number of hydrogen-bond donors (Lipinski definition) is 2. The van der Waals surface area contributed by atoms with Crippen molar-refractivity contribution in [1.82, 2.24) is 15.1 Å². The minimum Gasteiger partial charge on any atom is -0.496 e. The van der Waals surface area contributed by atoms with Gasteiger partial charge in [0.05, 0.1) is 35.5 Å². The number of ether oxygens (including phenoxy) is 2. The number of unbranched alkanes of at least 4 members (excludes halogenated alkanes) is 2. The third kappa shape index (κ3) is 7.48. The zero-order chi connectivity index (χ0) is 25.4. The maximum Gasteiger partial charge on any atom is 0.255 e. The van der Waals surface area contributed by atoms with E-state index in [1.54, 1.807) is 19.2 Å². The van der Waals surface area contributed by atoms with E-state index in [0.29, 0.717) is 40.3 Å². The topological polar surface area (TPSA) is 97.1 Å². The van der Waals surface area contributed by atoms with Crippen LogP contribution in [0, 0.1) is 5.92 Å². The van der Waals surface area contributed by atoms with Crippen LogP contribution in [0.25, 0.3) is 0 Å². The second-order valence-corrected chi connectivity index (χ2v) is 10.2. The smallest absolute Gasteiger partial charge is 0.255 e. The summed E-state index contributed by atoms with van der Waals surface area (Å²) in [6.45, 7) is 6.54. The highest BCUT2D eigenvalue weighted by atomic mass is 35.5. The zero-order valence-corrected chi connectivity index (χ0v) is 22.1. The van der Waals surface area contributed by atoms with E-state index in [4.69, 9.17) is 26.8 Å². The number of amides is 2. The largest absolute Gasteiger partial charge is 0.496 e. The lowest BCUT2D eigenvalue weighted by Crippen LogP contribution is -2.55. The molecule has 2 amide bonds. The van der Waals surface area contributed by atoms with Gasteiger partial charge in [0.1, 0.15) is 5.75 Å². The van der Waals surface area contributed by atoms with Gasteiger partial charge in [-0.25, -0.2) is 0 Å². The number of methoxy groups -OCH3 is 2. The molecule has 1 aromatic carbocycles. The first-order chi connectivity index (χ1) is 16.9. The number of carbonyl (C=O) groups is 2. The Morgan fingerprint density at radius 1 is 1.14 bits per heavy atom. The van der Waals surface area contributed by atoms with Crippen LogP contribution >= 0.6 is 11.6 Å². The van der Waals surface area contributed by atoms with Gasteiger partial charge < -0.3 is 30.3 Å². The fourth-order valence-corrected chi connectivity index (χ4v) is 5.29. The lowest BCUT2D eigenvalue weighted by Gasteiger charge is -2.41. The van der Waals surface area contributed by atoms with E-state index in [0.717, 1.165) is 71.2 Å². The van der Waals surface area contributed by atoms with Crippen LogP contribution in [0.2, 0.25) is 5.02 Å². The van der Waals surface area contributed by atoms with Crippen LogP contribution < -0.4 is 15.8 Å². The standard InChI is InChI=1S/C26H41ClN4O4/c1-4-5-6-7-25(32)31-12-8-18(9-13-31)16-30-11-10-22(24(17-30)35-3)29-26(33)19-14-20(27)21(28)15-23(19)34-2/h14-15,18,22,24H,4-13,16-17,28H2,1-3H3,(H,29,33)/t22-,24+/m1/s1. The Balaban J connectivity index is 1.48. The second kappa shape index (κ2) is 13.3. The van der Waals surface area contributed by atoms with Gasteiger partial charge >= 0.3 is 0 Å². The number of piperidine rings is 2. The maximum absolute atomic E-state index is 13.0. The number of rotatable bonds is 10. The highest BCUT2D eigenvalue weighted by Gasteiger charge is 2.33. The number of nitrogens with zero attached hydrogens (tertiary/aromatic N) is 2. The van der Waals surface area contributed by atoms with Crippen LogP contribution in [-0.2, 0) is 9.53 Å². The number of halogens is 1. The number of nitrogens with one attached hydrogen (secondary N) is 1. The molecule has 2 heterocycles. The van der Waals surface area contributed by atoms with Gasteiger partial charge in [-0.2, -0.15) is 0 Å². The van der Waals surface area contributed by atoms with E-state index in [1.807, 2.05) is 4.90 Å². The first kappa shape index (κ1) is 27.6. The van der Waals surface area contributed by atoms with Crippen LogP contribution in [-0.4, -0.2) is 80.7 Å². The van der Waals surface area contributed by atoms with Crippen LogP contribution in [0.5, 0.6) is 5.75 Å². The molecule has 2 fully saturated rings. The number of carbonyl (C=O) groups excluding carboxylic acids is 2. The highest BCUT2D eigenvalue weighted by Crippen LogP contribution is 2.29. The van der Waals surface area contributed by atoms with Gasteiger partial charge in [0.25, 0.3) is 5.91 Å². The average molecular weight is 509 g/mol. The molecule has 0 saturated carbocycles. The van der Waals surface area contributed by atoms with E-state index < -0.39 is 0 Å². The Hall–Kier alpha value is -2.03. The SMILES string of the molecule is CCCCCC(=O)N1CCC(CN2CC[C@@H](NC(=O)c3cc(Cl)c(N)cc3OC)[C@@H](OC)C2)CC1. The number of nitrogen functional groups attached to an aromatic ring is 1. The minimum atomic E-state index is -0.250. The normalized spacial score (nSPS) is 21.7. The lowest BCUT2D eigenvalue weighted by atomic mass is 9.93. The summed E-state index contributed by atoms with van der Waals surface area (Å²) in [7, 11) is 3.19. The van der Waals surface area contributed by atoms with Crippen molar-refractivity contribution >= 4 is 29.1 Å². The highest BCUT2D eigenvalue weighted by molar-refractivity contribution is 6.33. The van der Waals surface area contributed by atoms with E-state index in [1.165, 1.54) is 7.11 Å². The van der Waals surface area contributed by atoms with Crippen molar-refractivity contribution in [2.24, 2.45) is 5.92 Å². The number of anilines is 1. The molecule has 2 aliphatic rings. The number of nitrogens with two attached hydrogens (primary N) is 1. The fraction of sp³-hybridized carbons (Fsp3) is 0.692. The number of benzene rings is 1. The number of likely N-dealkylation sites (tertiary alicyclic amines) is 2. The number of hydrogen-bond acceptors (Lipinski definition) is 6. The predicted octanol–water partition coefficient (Wildman–Crippen LogP) is 3.57. The summed E-state index contributed by atoms with van der Waals surface area (Å²) in [5.41, 5.74) is 6.57. The van der Waals surface area contributed by atoms with Gasteiger partial charge in [0, 0.05) is 52.3 Å². The van der Waals surface area contributed by atoms with E-state index >= 15 is 0 Å². The summed E-state index contributed by atoms with van der Waals surface area (Å²) in [5.74, 6) is 1.04. The molecule has 0 bridgehead atoms. The lowest BCUT2D eigenvalue weighted by molar-refractivity contribution is -0.132. The Kier molecular flexibility index (Phi) is 10.5. The monoisotopic (exact) mass is 508 g/mol. The Morgan fingerprint density at radius 3 is 2.54 bits per heavy atom. The summed E-state index contributed by atoms with van der Waals surface area (Å²) >= 11 is 6.14. The zero-order valence-electron chi connectivity index (χ0n) is 21.4. The molecule has 2 aliphatic heterocycles. The van der Waals surface area contributed by atoms with Crippen molar-refractivity contribution in [2.75, 3.05) is 52.7 Å². The molecule has 0 radical (unpaired) electrons. The van der Waals surface area contributed by atoms with Gasteiger partial charge in [-0.05, 0) is 37.7 Å². The first-order valence-electron chi connectivity index (χ1n) is 12.8. The summed E-state index contributed by atoms with van der Waals surface area (Å²) in [4.78, 5) is 29.9. The molecule has 2 atom stereocenters. The fourth-order valence-electron chi connectivity index (χ4n) is 5.13. The van der Waals surface area contributed by atoms with Gasteiger partial charge in [-0.15, -0.1) is 0 Å². The van der Waals surface area contributed by atoms with Gasteiger partial charge in [0.15, 0.2) is 0 Å². The van der Waals surface area contributed by atoms with Crippen molar-refractivity contribution in [1.29, 1.82) is 0 Å². The molecule has 9 heteroatoms. The van der Waals surface area contributed by atoms with Crippen LogP contribution in [0.15, 0.2) is 12.1 Å². The molecule has 35 heavy (non-hydrogen) atoms. The minimum absolute atomic E-state index is 0.104. The molecule has 0 aromatic heterocycles. The van der Waals surface area contributed by atoms with Gasteiger partial charge in [-0.1, -0.05) is 31.4 Å². The Morgan fingerprint density at radius 2 is 1.89 bits per heavy atom. The molecule has 2 saturated heterocycles. The van der Waals surface area contributed by atoms with Crippen molar-refractivity contribution in [3.8, 4) is 5.75 Å². The van der Waals surface area contributed by atoms with Crippen molar-refractivity contribution in [3.63, 3.8) is 0 Å². The first-order valence-corrected chi connectivity index (χ1v) is 13.2. The van der Waals surface area contributed by atoms with Crippen molar-refractivity contribution in [3.05, 3.63) is 22.7 Å². The third-order valence-electron chi connectivity index (χ3n) is 7.30. The molecule has 196 valence electrons. The molecule has 0 unspecified atom stereocenters. The van der Waals surface area contributed by atoms with Crippen LogP contribution in [0.1, 0.15) is 62.2 Å². The molecular weight excluding hydrogens is 468 g/mol. The Bertz CT molecular complexity index is 860. The maximum atomic E-state index is 13.0. The van der Waals surface area contributed by atoms with E-state index in [2.05, 4.69) is 17.1 Å². The summed E-state index contributed by atoms with van der Waals surface area (Å²) in [5, 5.41) is 3.43. The molecular formula is C26H41ClN4O4. The molecule has 3 rings (SSSR count). The Labute approximate surface area is 214 Å². The van der Waals surface area contributed by atoms with Gasteiger partial charge in [-0.3, -0.25) is 9.59 Å². The van der Waals surface area contributed by atoms with Crippen LogP contribution in [0.4, 0.5) is 5.69 Å². The average Bonchev–Trinajstić information content (AvgIpc) is 2.86. The summed E-state index contributed by atoms with van der Waals surface area (Å²) in [6.07, 6.45) is 6.73. The van der Waals surface area contributed by atoms with Crippen LogP contribution in [0.3, 0.4) is 0 Å². The third-order valence-corrected chi connectivity index (χ3v) is 7.63. The van der Waals surface area contributed by atoms with E-state index in [-0.39, 0.29) is 18.1 Å². The molecule has 8 nitrogen and oxygen atoms in total. The molecule has 0 aliphatic carbocycles. The molecule has 1 aromatic rings. The van der Waals surface area contributed by atoms with E-state index in [9.17, 15) is 9.59 Å². The van der Waals surface area contributed by atoms with Gasteiger partial charge in [0.2, 0.25) is 5.91 Å². The molecule has 3 N–H and O–H groups in total. The molecule has 0 spiro atoms. The summed E-state index contributed by atoms with van der Waals surface area (Å²) in [6, 6.07) is 3.01. The quantitative estimate of drug-likeness (QED) is 0.370. The van der Waals surface area contributed by atoms with Crippen molar-refractivity contribution in [2.45, 2.75) is 64.0 Å². The second-order valence-electron chi connectivity index (χ2n) is 9.76. The summed E-state index contributed by atoms with van der Waals surface area (Å²) < 4.78 is 11.1.